The molecule has 276 valence electrons. The van der Waals surface area contributed by atoms with Gasteiger partial charge in [-0.15, -0.1) is 0 Å². The number of piperazine rings is 1. The van der Waals surface area contributed by atoms with E-state index in [2.05, 4.69) is 39.1 Å². The van der Waals surface area contributed by atoms with Gasteiger partial charge in [0.05, 0.1) is 32.9 Å². The third-order valence-electron chi connectivity index (χ3n) is 10.8. The Hall–Kier alpha value is -5.44. The molecule has 0 saturated carbocycles. The predicted octanol–water partition coefficient (Wildman–Crippen LogP) is 5.46. The smallest absolute Gasteiger partial charge is 0.265 e. The number of carbonyl (C=O) groups is 1. The second-order valence-corrected chi connectivity index (χ2v) is 13.8. The standard InChI is InChI=1S/C42H48N6O5/c1-27-28(2)41(49)45(4)25-35(27)31-21-39(52-6)36(40(22-31)53-7)26-47-18-16-46(17-19-47)24-30-10-8-11-33-29(3)48(15-13-34(30)33)42(50)32(23-43)20-37-38(51-5)12-9-14-44-37/h8-12,14,20-22,25,29H,13,15-19,24,26H2,1-7H3/b32-20+. The molecule has 0 bridgehead atoms. The molecule has 1 unspecified atom stereocenters. The van der Waals surface area contributed by atoms with Crippen molar-refractivity contribution in [1.29, 1.82) is 5.26 Å². The van der Waals surface area contributed by atoms with Crippen molar-refractivity contribution in [3.8, 4) is 34.4 Å². The van der Waals surface area contributed by atoms with Crippen LogP contribution >= 0.6 is 0 Å². The Balaban J connectivity index is 1.12. The van der Waals surface area contributed by atoms with Crippen molar-refractivity contribution < 1.29 is 19.0 Å². The normalized spacial score (nSPS) is 16.5. The van der Waals surface area contributed by atoms with Crippen molar-refractivity contribution in [3.63, 3.8) is 0 Å². The molecule has 1 fully saturated rings. The molecule has 2 aromatic carbocycles. The summed E-state index contributed by atoms with van der Waals surface area (Å²) in [5, 5.41) is 9.94. The lowest BCUT2D eigenvalue weighted by molar-refractivity contribution is -0.129. The highest BCUT2D eigenvalue weighted by atomic mass is 16.5. The van der Waals surface area contributed by atoms with Gasteiger partial charge in [-0.3, -0.25) is 24.4 Å². The Bertz CT molecular complexity index is 2120. The van der Waals surface area contributed by atoms with Gasteiger partial charge < -0.3 is 23.7 Å². The first kappa shape index (κ1) is 37.3. The maximum Gasteiger partial charge on any atom is 0.265 e. The van der Waals surface area contributed by atoms with Gasteiger partial charge >= 0.3 is 0 Å². The molecule has 2 aliphatic rings. The van der Waals surface area contributed by atoms with Gasteiger partial charge in [-0.25, -0.2) is 0 Å². The quantitative estimate of drug-likeness (QED) is 0.156. The van der Waals surface area contributed by atoms with Gasteiger partial charge in [-0.1, -0.05) is 18.2 Å². The molecule has 1 atom stereocenters. The van der Waals surface area contributed by atoms with E-state index in [-0.39, 0.29) is 23.1 Å². The number of nitriles is 1. The highest BCUT2D eigenvalue weighted by molar-refractivity contribution is 6.02. The molecule has 0 spiro atoms. The molecule has 53 heavy (non-hydrogen) atoms. The van der Waals surface area contributed by atoms with Gasteiger partial charge in [-0.2, -0.15) is 5.26 Å². The van der Waals surface area contributed by atoms with Gasteiger partial charge in [0.2, 0.25) is 0 Å². The molecule has 2 aliphatic heterocycles. The maximum atomic E-state index is 13.7. The fourth-order valence-corrected chi connectivity index (χ4v) is 7.62. The lowest BCUT2D eigenvalue weighted by Gasteiger charge is -2.38. The molecule has 11 heteroatoms. The molecule has 6 rings (SSSR count). The number of amides is 1. The number of carbonyl (C=O) groups excluding carboxylic acids is 1. The minimum atomic E-state index is -0.306. The van der Waals surface area contributed by atoms with E-state index in [1.807, 2.05) is 39.1 Å². The molecule has 2 aromatic heterocycles. The predicted molar refractivity (Wildman–Crippen MR) is 205 cm³/mol. The Morgan fingerprint density at radius 3 is 2.23 bits per heavy atom. The first-order valence-corrected chi connectivity index (χ1v) is 18.0. The average Bonchev–Trinajstić information content (AvgIpc) is 3.18. The second-order valence-electron chi connectivity index (χ2n) is 13.8. The first-order chi connectivity index (χ1) is 25.6. The topological polar surface area (TPSA) is 113 Å². The van der Waals surface area contributed by atoms with Crippen LogP contribution < -0.4 is 19.8 Å². The number of ether oxygens (including phenoxy) is 3. The maximum absolute atomic E-state index is 13.7. The van der Waals surface area contributed by atoms with Crippen LogP contribution in [0.25, 0.3) is 17.2 Å². The van der Waals surface area contributed by atoms with Crippen molar-refractivity contribution in [1.82, 2.24) is 24.3 Å². The Kier molecular flexibility index (Phi) is 11.3. The molecular weight excluding hydrogens is 668 g/mol. The van der Waals surface area contributed by atoms with Crippen molar-refractivity contribution >= 4 is 12.0 Å². The highest BCUT2D eigenvalue weighted by Gasteiger charge is 2.31. The lowest BCUT2D eigenvalue weighted by Crippen LogP contribution is -2.45. The fourth-order valence-electron chi connectivity index (χ4n) is 7.62. The van der Waals surface area contributed by atoms with Crippen LogP contribution in [0.3, 0.4) is 0 Å². The van der Waals surface area contributed by atoms with Crippen LogP contribution in [0.4, 0.5) is 0 Å². The SMILES string of the molecule is COc1cccnc1/C=C(\C#N)C(=O)N1CCc2c(CN3CCN(Cc4c(OC)cc(-c5cn(C)c(=O)c(C)c5C)cc4OC)CC3)cccc2C1C. The number of aryl methyl sites for hydroxylation is 1. The van der Waals surface area contributed by atoms with Gasteiger partial charge in [0.1, 0.15) is 34.6 Å². The summed E-state index contributed by atoms with van der Waals surface area (Å²) < 4.78 is 18.8. The zero-order valence-electron chi connectivity index (χ0n) is 31.7. The molecule has 0 N–H and O–H groups in total. The number of hydrogen-bond donors (Lipinski definition) is 0. The fraction of sp³-hybridized carbons (Fsp3) is 0.381. The van der Waals surface area contributed by atoms with Crippen LogP contribution in [0, 0.1) is 25.2 Å². The highest BCUT2D eigenvalue weighted by Crippen LogP contribution is 2.38. The van der Waals surface area contributed by atoms with Crippen molar-refractivity contribution in [2.45, 2.75) is 46.3 Å². The monoisotopic (exact) mass is 716 g/mol. The van der Waals surface area contributed by atoms with E-state index >= 15 is 0 Å². The zero-order valence-corrected chi connectivity index (χ0v) is 31.7. The van der Waals surface area contributed by atoms with Gasteiger partial charge in [0, 0.05) is 76.4 Å². The average molecular weight is 717 g/mol. The van der Waals surface area contributed by atoms with E-state index in [1.165, 1.54) is 17.2 Å². The Morgan fingerprint density at radius 1 is 0.925 bits per heavy atom. The van der Waals surface area contributed by atoms with Gasteiger partial charge in [0.15, 0.2) is 0 Å². The summed E-state index contributed by atoms with van der Waals surface area (Å²) in [5.74, 6) is 1.73. The van der Waals surface area contributed by atoms with Gasteiger partial charge in [-0.05, 0) is 85.4 Å². The van der Waals surface area contributed by atoms with Gasteiger partial charge in [0.25, 0.3) is 11.5 Å². The number of aromatic nitrogens is 2. The molecule has 1 amide bonds. The largest absolute Gasteiger partial charge is 0.496 e. The number of benzene rings is 2. The molecule has 11 nitrogen and oxygen atoms in total. The Labute approximate surface area is 311 Å². The third kappa shape index (κ3) is 7.56. The van der Waals surface area contributed by atoms with Crippen LogP contribution in [-0.2, 0) is 31.4 Å². The summed E-state index contributed by atoms with van der Waals surface area (Å²) in [6.45, 7) is 11.5. The summed E-state index contributed by atoms with van der Waals surface area (Å²) in [5.41, 5.74) is 8.79. The molecular formula is C42H48N6O5. The molecule has 1 saturated heterocycles. The number of hydrogen-bond acceptors (Lipinski definition) is 9. The number of rotatable bonds is 10. The third-order valence-corrected chi connectivity index (χ3v) is 10.8. The minimum Gasteiger partial charge on any atom is -0.496 e. The van der Waals surface area contributed by atoms with E-state index in [9.17, 15) is 14.9 Å². The van der Waals surface area contributed by atoms with Crippen LogP contribution in [-0.4, -0.2) is 84.2 Å². The van der Waals surface area contributed by atoms with Crippen LogP contribution in [0.1, 0.15) is 52.0 Å². The first-order valence-electron chi connectivity index (χ1n) is 18.0. The van der Waals surface area contributed by atoms with E-state index in [4.69, 9.17) is 14.2 Å². The molecule has 4 heterocycles. The number of pyridine rings is 2. The van der Waals surface area contributed by atoms with E-state index in [0.29, 0.717) is 24.5 Å². The second kappa shape index (κ2) is 16.1. The number of fused-ring (bicyclic) bond motifs is 1. The molecule has 4 aromatic rings. The lowest BCUT2D eigenvalue weighted by atomic mass is 9.89. The van der Waals surface area contributed by atoms with E-state index < -0.39 is 0 Å². The molecule has 0 radical (unpaired) electrons. The summed E-state index contributed by atoms with van der Waals surface area (Å²) >= 11 is 0. The zero-order chi connectivity index (χ0) is 37.8. The summed E-state index contributed by atoms with van der Waals surface area (Å²) in [7, 11) is 6.69. The Morgan fingerprint density at radius 2 is 1.58 bits per heavy atom. The van der Waals surface area contributed by atoms with Crippen molar-refractivity contribution in [2.24, 2.45) is 7.05 Å². The molecule has 0 aliphatic carbocycles. The summed E-state index contributed by atoms with van der Waals surface area (Å²) in [6.07, 6.45) is 5.73. The summed E-state index contributed by atoms with van der Waals surface area (Å²) in [4.78, 5) is 37.2. The van der Waals surface area contributed by atoms with Crippen LogP contribution in [0.15, 0.2) is 65.2 Å². The van der Waals surface area contributed by atoms with Crippen molar-refractivity contribution in [3.05, 3.63) is 110 Å². The minimum absolute atomic E-state index is 0.00348. The van der Waals surface area contributed by atoms with Crippen molar-refractivity contribution in [2.75, 3.05) is 54.1 Å². The van der Waals surface area contributed by atoms with Crippen LogP contribution in [0.2, 0.25) is 0 Å². The van der Waals surface area contributed by atoms with E-state index in [1.54, 1.807) is 56.2 Å². The summed E-state index contributed by atoms with van der Waals surface area (Å²) in [6, 6.07) is 15.9. The number of nitrogens with zero attached hydrogens (tertiary/aromatic N) is 6. The van der Waals surface area contributed by atoms with Crippen LogP contribution in [0.5, 0.6) is 17.2 Å². The number of methoxy groups -OCH3 is 3. The van der Waals surface area contributed by atoms with E-state index in [0.717, 1.165) is 84.0 Å².